The first-order chi connectivity index (χ1) is 8.67. The lowest BCUT2D eigenvalue weighted by Crippen LogP contribution is -2.51. The highest BCUT2D eigenvalue weighted by Crippen LogP contribution is 2.54. The third-order valence-corrected chi connectivity index (χ3v) is 5.15. The van der Waals surface area contributed by atoms with E-state index >= 15 is 0 Å². The Balaban J connectivity index is 1.61. The lowest BCUT2D eigenvalue weighted by atomic mass is 9.55. The quantitative estimate of drug-likeness (QED) is 0.834. The Hall–Kier alpha value is -0.770. The molecule has 4 nitrogen and oxygen atoms in total. The van der Waals surface area contributed by atoms with E-state index in [-0.39, 0.29) is 12.2 Å². The predicted octanol–water partition coefficient (Wildman–Crippen LogP) is 1.84. The van der Waals surface area contributed by atoms with Crippen LogP contribution in [0.1, 0.15) is 32.1 Å². The fourth-order valence-electron chi connectivity index (χ4n) is 4.56. The maximum Gasteiger partial charge on any atom is 0.409 e. The molecule has 4 fully saturated rings. The Morgan fingerprint density at radius 2 is 1.72 bits per heavy atom. The molecular weight excluding hydrogens is 228 g/mol. The molecule has 4 saturated carbocycles. The molecule has 0 aromatic heterocycles. The van der Waals surface area contributed by atoms with Gasteiger partial charge in [0.05, 0.1) is 0 Å². The van der Waals surface area contributed by atoms with Gasteiger partial charge in [-0.15, -0.1) is 0 Å². The lowest BCUT2D eigenvalue weighted by molar-refractivity contribution is -0.101. The first kappa shape index (κ1) is 12.3. The highest BCUT2D eigenvalue weighted by molar-refractivity contribution is 5.67. The monoisotopic (exact) mass is 252 g/mol. The standard InChI is InChI=1S/C14H24N2O2/c1-16(3-2-15)14(17)18-13-11-5-9-4-10(7-11)8-12(13)6-9/h9-13H,2-8,15H2,1H3. The van der Waals surface area contributed by atoms with E-state index in [0.717, 1.165) is 11.8 Å². The number of hydrogen-bond acceptors (Lipinski definition) is 3. The molecule has 18 heavy (non-hydrogen) atoms. The summed E-state index contributed by atoms with van der Waals surface area (Å²) >= 11 is 0. The van der Waals surface area contributed by atoms with Crippen LogP contribution >= 0.6 is 0 Å². The van der Waals surface area contributed by atoms with Gasteiger partial charge in [0, 0.05) is 20.1 Å². The minimum Gasteiger partial charge on any atom is -0.446 e. The van der Waals surface area contributed by atoms with Crippen LogP contribution in [-0.4, -0.2) is 37.2 Å². The number of nitrogens with two attached hydrogens (primary N) is 1. The summed E-state index contributed by atoms with van der Waals surface area (Å²) in [4.78, 5) is 13.6. The molecule has 1 amide bonds. The van der Waals surface area contributed by atoms with Gasteiger partial charge in [-0.05, 0) is 55.8 Å². The molecule has 0 spiro atoms. The van der Waals surface area contributed by atoms with Gasteiger partial charge in [0.1, 0.15) is 6.10 Å². The molecule has 0 aromatic rings. The second-order valence-electron chi connectivity index (χ2n) is 6.49. The molecule has 0 heterocycles. The van der Waals surface area contributed by atoms with E-state index in [0.29, 0.717) is 24.9 Å². The first-order valence-electron chi connectivity index (χ1n) is 7.29. The van der Waals surface area contributed by atoms with Crippen LogP contribution in [0.15, 0.2) is 0 Å². The van der Waals surface area contributed by atoms with E-state index in [9.17, 15) is 4.79 Å². The molecule has 0 saturated heterocycles. The van der Waals surface area contributed by atoms with Crippen LogP contribution in [0.5, 0.6) is 0 Å². The molecule has 2 N–H and O–H groups in total. The number of nitrogens with zero attached hydrogens (tertiary/aromatic N) is 1. The van der Waals surface area contributed by atoms with E-state index < -0.39 is 0 Å². The van der Waals surface area contributed by atoms with E-state index in [4.69, 9.17) is 10.5 Å². The average molecular weight is 252 g/mol. The SMILES string of the molecule is CN(CCN)C(=O)OC1C2CC3CC(C2)CC1C3. The minimum atomic E-state index is -0.182. The number of likely N-dealkylation sites (N-methyl/N-ethyl adjacent to an activating group) is 1. The molecule has 0 aromatic carbocycles. The van der Waals surface area contributed by atoms with Gasteiger partial charge in [0.15, 0.2) is 0 Å². The Morgan fingerprint density at radius 1 is 1.17 bits per heavy atom. The molecule has 4 bridgehead atoms. The fourth-order valence-corrected chi connectivity index (χ4v) is 4.56. The van der Waals surface area contributed by atoms with Crippen LogP contribution in [-0.2, 0) is 4.74 Å². The maximum absolute atomic E-state index is 12.0. The number of rotatable bonds is 3. The van der Waals surface area contributed by atoms with Crippen LogP contribution < -0.4 is 5.73 Å². The Labute approximate surface area is 109 Å². The summed E-state index contributed by atoms with van der Waals surface area (Å²) in [5, 5.41) is 0. The summed E-state index contributed by atoms with van der Waals surface area (Å²) in [5.41, 5.74) is 5.47. The van der Waals surface area contributed by atoms with Gasteiger partial charge < -0.3 is 15.4 Å². The van der Waals surface area contributed by atoms with Crippen molar-refractivity contribution in [2.24, 2.45) is 29.4 Å². The van der Waals surface area contributed by atoms with Crippen LogP contribution in [0.2, 0.25) is 0 Å². The van der Waals surface area contributed by atoms with Gasteiger partial charge in [0.2, 0.25) is 0 Å². The number of hydrogen-bond donors (Lipinski definition) is 1. The molecule has 0 atom stereocenters. The third-order valence-electron chi connectivity index (χ3n) is 5.15. The summed E-state index contributed by atoms with van der Waals surface area (Å²) < 4.78 is 5.77. The maximum atomic E-state index is 12.0. The smallest absolute Gasteiger partial charge is 0.409 e. The van der Waals surface area contributed by atoms with Crippen molar-refractivity contribution < 1.29 is 9.53 Å². The van der Waals surface area contributed by atoms with E-state index in [1.807, 2.05) is 0 Å². The Bertz CT molecular complexity index is 304. The molecular formula is C14H24N2O2. The zero-order valence-corrected chi connectivity index (χ0v) is 11.2. The summed E-state index contributed by atoms with van der Waals surface area (Å²) in [6.07, 6.45) is 6.57. The Kier molecular flexibility index (Phi) is 3.22. The van der Waals surface area contributed by atoms with Crippen molar-refractivity contribution in [3.05, 3.63) is 0 Å². The number of amides is 1. The van der Waals surface area contributed by atoms with E-state index in [2.05, 4.69) is 0 Å². The van der Waals surface area contributed by atoms with Crippen LogP contribution in [0.3, 0.4) is 0 Å². The largest absolute Gasteiger partial charge is 0.446 e. The van der Waals surface area contributed by atoms with Crippen molar-refractivity contribution in [1.82, 2.24) is 4.90 Å². The second kappa shape index (κ2) is 4.72. The second-order valence-corrected chi connectivity index (χ2v) is 6.49. The van der Waals surface area contributed by atoms with E-state index in [1.165, 1.54) is 32.1 Å². The summed E-state index contributed by atoms with van der Waals surface area (Å²) in [5.74, 6) is 3.11. The molecule has 4 aliphatic carbocycles. The minimum absolute atomic E-state index is 0.182. The molecule has 0 unspecified atom stereocenters. The van der Waals surface area contributed by atoms with Crippen molar-refractivity contribution in [3.8, 4) is 0 Å². The van der Waals surface area contributed by atoms with E-state index in [1.54, 1.807) is 11.9 Å². The van der Waals surface area contributed by atoms with Gasteiger partial charge in [0.25, 0.3) is 0 Å². The lowest BCUT2D eigenvalue weighted by Gasteiger charge is -2.53. The topological polar surface area (TPSA) is 55.6 Å². The zero-order valence-electron chi connectivity index (χ0n) is 11.2. The summed E-state index contributed by atoms with van der Waals surface area (Å²) in [7, 11) is 1.77. The van der Waals surface area contributed by atoms with Crippen molar-refractivity contribution >= 4 is 6.09 Å². The van der Waals surface area contributed by atoms with Crippen LogP contribution in [0.4, 0.5) is 4.79 Å². The Morgan fingerprint density at radius 3 is 2.22 bits per heavy atom. The highest BCUT2D eigenvalue weighted by atomic mass is 16.6. The summed E-state index contributed by atoms with van der Waals surface area (Å²) in [6.45, 7) is 1.07. The third kappa shape index (κ3) is 2.11. The van der Waals surface area contributed by atoms with Crippen LogP contribution in [0.25, 0.3) is 0 Å². The summed E-state index contributed by atoms with van der Waals surface area (Å²) in [6, 6.07) is 0. The van der Waals surface area contributed by atoms with Crippen molar-refractivity contribution in [2.75, 3.05) is 20.1 Å². The van der Waals surface area contributed by atoms with Crippen LogP contribution in [0, 0.1) is 23.7 Å². The van der Waals surface area contributed by atoms with Gasteiger partial charge >= 0.3 is 6.09 Å². The van der Waals surface area contributed by atoms with Gasteiger partial charge in [-0.2, -0.15) is 0 Å². The molecule has 4 heteroatoms. The van der Waals surface area contributed by atoms with Crippen molar-refractivity contribution in [1.29, 1.82) is 0 Å². The molecule has 4 aliphatic rings. The zero-order chi connectivity index (χ0) is 12.7. The van der Waals surface area contributed by atoms with Gasteiger partial charge in [-0.25, -0.2) is 4.79 Å². The van der Waals surface area contributed by atoms with Crippen molar-refractivity contribution in [2.45, 2.75) is 38.2 Å². The van der Waals surface area contributed by atoms with Gasteiger partial charge in [-0.1, -0.05) is 0 Å². The normalized spacial score (nSPS) is 40.9. The number of carbonyl (C=O) groups is 1. The number of ether oxygens (including phenoxy) is 1. The van der Waals surface area contributed by atoms with Crippen molar-refractivity contribution in [3.63, 3.8) is 0 Å². The fraction of sp³-hybridized carbons (Fsp3) is 0.929. The number of carbonyl (C=O) groups excluding carboxylic acids is 1. The first-order valence-corrected chi connectivity index (χ1v) is 7.29. The molecule has 0 aliphatic heterocycles. The average Bonchev–Trinajstić information content (AvgIpc) is 2.33. The molecule has 102 valence electrons. The van der Waals surface area contributed by atoms with Gasteiger partial charge in [-0.3, -0.25) is 0 Å². The predicted molar refractivity (Wildman–Crippen MR) is 69.0 cm³/mol. The molecule has 4 rings (SSSR count). The molecule has 0 radical (unpaired) electrons. The highest BCUT2D eigenvalue weighted by Gasteiger charge is 2.50.